The number of para-hydroxylation sites is 1. The molecule has 0 atom stereocenters. The average molecular weight is 372 g/mol. The molecule has 1 fully saturated rings. The van der Waals surface area contributed by atoms with Gasteiger partial charge in [-0.25, -0.2) is 0 Å². The number of rotatable bonds is 6. The predicted octanol–water partition coefficient (Wildman–Crippen LogP) is 3.11. The molecular formula is C20H24N2O3S. The van der Waals surface area contributed by atoms with Gasteiger partial charge in [0.15, 0.2) is 6.61 Å². The molecule has 138 valence electrons. The van der Waals surface area contributed by atoms with E-state index in [9.17, 15) is 9.59 Å². The van der Waals surface area contributed by atoms with Crippen molar-refractivity contribution in [1.82, 2.24) is 10.2 Å². The number of benzene rings is 1. The minimum absolute atomic E-state index is 0.000982. The van der Waals surface area contributed by atoms with Crippen molar-refractivity contribution in [3.63, 3.8) is 0 Å². The van der Waals surface area contributed by atoms with Crippen LogP contribution in [0.2, 0.25) is 0 Å². The third kappa shape index (κ3) is 4.64. The topological polar surface area (TPSA) is 58.6 Å². The van der Waals surface area contributed by atoms with Crippen LogP contribution in [0.25, 0.3) is 0 Å². The minimum Gasteiger partial charge on any atom is -0.483 e. The Hall–Kier alpha value is -2.34. The van der Waals surface area contributed by atoms with Crippen LogP contribution in [-0.4, -0.2) is 42.5 Å². The zero-order valence-corrected chi connectivity index (χ0v) is 15.8. The monoisotopic (exact) mass is 372 g/mol. The third-order valence-corrected chi connectivity index (χ3v) is 5.50. The number of nitrogens with one attached hydrogen (secondary N) is 1. The van der Waals surface area contributed by atoms with Crippen LogP contribution < -0.4 is 10.1 Å². The Labute approximate surface area is 158 Å². The number of amides is 2. The molecular weight excluding hydrogens is 348 g/mol. The number of aryl methyl sites for hydroxylation is 1. The first-order valence-electron chi connectivity index (χ1n) is 9.00. The van der Waals surface area contributed by atoms with E-state index in [0.29, 0.717) is 13.1 Å². The van der Waals surface area contributed by atoms with E-state index < -0.39 is 0 Å². The molecule has 2 aromatic rings. The quantitative estimate of drug-likeness (QED) is 0.848. The van der Waals surface area contributed by atoms with Crippen LogP contribution in [0.4, 0.5) is 0 Å². The molecule has 1 aliphatic heterocycles. The predicted molar refractivity (Wildman–Crippen MR) is 103 cm³/mol. The first-order chi connectivity index (χ1) is 12.7. The van der Waals surface area contributed by atoms with Crippen molar-refractivity contribution in [1.29, 1.82) is 0 Å². The Balaban J connectivity index is 1.44. The van der Waals surface area contributed by atoms with Gasteiger partial charge < -0.3 is 15.0 Å². The molecule has 5 nitrogen and oxygen atoms in total. The van der Waals surface area contributed by atoms with Gasteiger partial charge in [0.1, 0.15) is 5.75 Å². The van der Waals surface area contributed by atoms with Gasteiger partial charge in [-0.05, 0) is 42.3 Å². The van der Waals surface area contributed by atoms with Gasteiger partial charge in [-0.1, -0.05) is 31.2 Å². The Morgan fingerprint density at radius 1 is 1.19 bits per heavy atom. The van der Waals surface area contributed by atoms with Gasteiger partial charge in [-0.15, -0.1) is 11.3 Å². The van der Waals surface area contributed by atoms with Crippen LogP contribution in [0, 0.1) is 0 Å². The molecule has 26 heavy (non-hydrogen) atoms. The third-order valence-electron chi connectivity index (χ3n) is 4.63. The molecule has 1 aliphatic rings. The molecule has 1 aromatic heterocycles. The molecule has 1 N–H and O–H groups in total. The molecule has 3 rings (SSSR count). The molecule has 0 unspecified atom stereocenters. The first kappa shape index (κ1) is 18.5. The highest BCUT2D eigenvalue weighted by Crippen LogP contribution is 2.19. The summed E-state index contributed by atoms with van der Waals surface area (Å²) in [6.07, 6.45) is 2.42. The molecule has 2 heterocycles. The van der Waals surface area contributed by atoms with Gasteiger partial charge in [0.25, 0.3) is 11.8 Å². The van der Waals surface area contributed by atoms with Gasteiger partial charge in [0.2, 0.25) is 0 Å². The highest BCUT2D eigenvalue weighted by atomic mass is 32.1. The Morgan fingerprint density at radius 3 is 2.65 bits per heavy atom. The summed E-state index contributed by atoms with van der Waals surface area (Å²) in [7, 11) is 0. The van der Waals surface area contributed by atoms with E-state index in [-0.39, 0.29) is 24.5 Å². The number of carbonyl (C=O) groups is 2. The van der Waals surface area contributed by atoms with Crippen LogP contribution in [0.15, 0.2) is 41.8 Å². The fraction of sp³-hybridized carbons (Fsp3) is 0.400. The summed E-state index contributed by atoms with van der Waals surface area (Å²) in [5.41, 5.74) is 1.11. The lowest BCUT2D eigenvalue weighted by Crippen LogP contribution is -2.47. The first-order valence-corrected chi connectivity index (χ1v) is 9.88. The Bertz CT molecular complexity index is 737. The van der Waals surface area contributed by atoms with Crippen molar-refractivity contribution in [2.24, 2.45) is 0 Å². The van der Waals surface area contributed by atoms with E-state index >= 15 is 0 Å². The van der Waals surface area contributed by atoms with Gasteiger partial charge in [-0.3, -0.25) is 9.59 Å². The number of carbonyl (C=O) groups excluding carboxylic acids is 2. The maximum absolute atomic E-state index is 12.4. The summed E-state index contributed by atoms with van der Waals surface area (Å²) >= 11 is 1.44. The van der Waals surface area contributed by atoms with Crippen LogP contribution in [0.3, 0.4) is 0 Å². The number of nitrogens with zero attached hydrogens (tertiary/aromatic N) is 1. The summed E-state index contributed by atoms with van der Waals surface area (Å²) in [6.45, 7) is 3.42. The van der Waals surface area contributed by atoms with E-state index in [4.69, 9.17) is 4.74 Å². The molecule has 1 aromatic carbocycles. The molecule has 0 aliphatic carbocycles. The number of likely N-dealkylation sites (tertiary alicyclic amines) is 1. The second-order valence-corrected chi connectivity index (χ2v) is 7.30. The average Bonchev–Trinajstić information content (AvgIpc) is 3.22. The lowest BCUT2D eigenvalue weighted by molar-refractivity contribution is -0.134. The van der Waals surface area contributed by atoms with E-state index in [0.717, 1.165) is 35.5 Å². The van der Waals surface area contributed by atoms with Crippen LogP contribution in [0.5, 0.6) is 5.75 Å². The maximum atomic E-state index is 12.4. The Morgan fingerprint density at radius 2 is 1.96 bits per heavy atom. The summed E-state index contributed by atoms with van der Waals surface area (Å²) in [4.78, 5) is 27.1. The second kappa shape index (κ2) is 8.85. The molecule has 1 saturated heterocycles. The zero-order chi connectivity index (χ0) is 18.4. The molecule has 0 radical (unpaired) electrons. The van der Waals surface area contributed by atoms with Gasteiger partial charge in [-0.2, -0.15) is 0 Å². The summed E-state index contributed by atoms with van der Waals surface area (Å²) in [6, 6.07) is 11.6. The van der Waals surface area contributed by atoms with Gasteiger partial charge in [0, 0.05) is 19.1 Å². The van der Waals surface area contributed by atoms with Gasteiger partial charge in [0.05, 0.1) is 4.88 Å². The number of hydrogen-bond donors (Lipinski definition) is 1. The second-order valence-electron chi connectivity index (χ2n) is 6.36. The van der Waals surface area contributed by atoms with Crippen LogP contribution in [-0.2, 0) is 11.2 Å². The highest BCUT2D eigenvalue weighted by molar-refractivity contribution is 7.12. The summed E-state index contributed by atoms with van der Waals surface area (Å²) in [5.74, 6) is 0.754. The van der Waals surface area contributed by atoms with Crippen LogP contribution >= 0.6 is 11.3 Å². The molecule has 0 saturated carbocycles. The molecule has 0 spiro atoms. The SMILES string of the molecule is CCc1ccccc1OCC(=O)N1CCC(NC(=O)c2cccs2)CC1. The molecule has 6 heteroatoms. The van der Waals surface area contributed by atoms with Crippen LogP contribution in [0.1, 0.15) is 35.0 Å². The van der Waals surface area contributed by atoms with E-state index in [1.807, 2.05) is 46.7 Å². The lowest BCUT2D eigenvalue weighted by atomic mass is 10.0. The zero-order valence-electron chi connectivity index (χ0n) is 14.9. The minimum atomic E-state index is -0.0238. The number of piperidine rings is 1. The standard InChI is InChI=1S/C20H24N2O3S/c1-2-15-6-3-4-7-17(15)25-14-19(23)22-11-9-16(10-12-22)21-20(24)18-8-5-13-26-18/h3-8,13,16H,2,9-12,14H2,1H3,(H,21,24). The van der Waals surface area contributed by atoms with E-state index in [1.165, 1.54) is 11.3 Å². The smallest absolute Gasteiger partial charge is 0.261 e. The number of thiophene rings is 1. The normalized spacial score (nSPS) is 14.9. The highest BCUT2D eigenvalue weighted by Gasteiger charge is 2.24. The fourth-order valence-electron chi connectivity index (χ4n) is 3.11. The Kier molecular flexibility index (Phi) is 6.28. The maximum Gasteiger partial charge on any atom is 0.261 e. The molecule has 2 amide bonds. The van der Waals surface area contributed by atoms with E-state index in [2.05, 4.69) is 12.2 Å². The largest absolute Gasteiger partial charge is 0.483 e. The lowest BCUT2D eigenvalue weighted by Gasteiger charge is -2.32. The van der Waals surface area contributed by atoms with Gasteiger partial charge >= 0.3 is 0 Å². The van der Waals surface area contributed by atoms with Crippen molar-refractivity contribution in [3.8, 4) is 5.75 Å². The van der Waals surface area contributed by atoms with Crippen molar-refractivity contribution >= 4 is 23.2 Å². The number of ether oxygens (including phenoxy) is 1. The fourth-order valence-corrected chi connectivity index (χ4v) is 3.73. The van der Waals surface area contributed by atoms with Crippen molar-refractivity contribution in [2.75, 3.05) is 19.7 Å². The van der Waals surface area contributed by atoms with Crippen molar-refractivity contribution < 1.29 is 14.3 Å². The summed E-state index contributed by atoms with van der Waals surface area (Å²) < 4.78 is 5.72. The van der Waals surface area contributed by atoms with E-state index in [1.54, 1.807) is 0 Å². The van der Waals surface area contributed by atoms with Crippen molar-refractivity contribution in [3.05, 3.63) is 52.2 Å². The summed E-state index contributed by atoms with van der Waals surface area (Å²) in [5, 5.41) is 4.95. The van der Waals surface area contributed by atoms with Crippen molar-refractivity contribution in [2.45, 2.75) is 32.2 Å². The molecule has 0 bridgehead atoms. The number of hydrogen-bond acceptors (Lipinski definition) is 4.